The molecule has 8 heteroatoms. The van der Waals surface area contributed by atoms with Gasteiger partial charge >= 0.3 is 0 Å². The van der Waals surface area contributed by atoms with Crippen LogP contribution in [0.5, 0.6) is 0 Å². The molecule has 0 aliphatic carbocycles. The van der Waals surface area contributed by atoms with Gasteiger partial charge in [0.15, 0.2) is 10.8 Å². The number of halogens is 2. The van der Waals surface area contributed by atoms with Gasteiger partial charge in [0.25, 0.3) is 11.8 Å². The Balaban J connectivity index is 2.78. The standard InChI is InChI=1S/C10H12Cl2N4O2/c1-10(2,12)9(18)16(3)15-8(17)6-7(11)14-5-4-13-6/h4-5H,1-3H3,(H,15,17). The smallest absolute Gasteiger partial charge is 0.271 e. The SMILES string of the molecule is CN(NC(=O)c1nccnc1Cl)C(=O)C(C)(C)Cl. The van der Waals surface area contributed by atoms with E-state index in [9.17, 15) is 9.59 Å². The molecule has 1 N–H and O–H groups in total. The van der Waals surface area contributed by atoms with Crippen LogP contribution in [0.25, 0.3) is 0 Å². The van der Waals surface area contributed by atoms with E-state index in [1.54, 1.807) is 0 Å². The molecule has 1 heterocycles. The van der Waals surface area contributed by atoms with Crippen molar-refractivity contribution in [1.29, 1.82) is 0 Å². The Morgan fingerprint density at radius 3 is 2.39 bits per heavy atom. The summed E-state index contributed by atoms with van der Waals surface area (Å²) in [6, 6.07) is 0. The molecular weight excluding hydrogens is 279 g/mol. The zero-order valence-corrected chi connectivity index (χ0v) is 11.6. The maximum Gasteiger partial charge on any atom is 0.291 e. The molecular formula is C10H12Cl2N4O2. The third kappa shape index (κ3) is 3.54. The predicted molar refractivity (Wildman–Crippen MR) is 67.2 cm³/mol. The van der Waals surface area contributed by atoms with Gasteiger partial charge in [-0.1, -0.05) is 11.6 Å². The number of nitrogens with zero attached hydrogens (tertiary/aromatic N) is 3. The van der Waals surface area contributed by atoms with E-state index in [-0.39, 0.29) is 10.8 Å². The van der Waals surface area contributed by atoms with Gasteiger partial charge < -0.3 is 0 Å². The average molecular weight is 291 g/mol. The molecule has 18 heavy (non-hydrogen) atoms. The van der Waals surface area contributed by atoms with Crippen molar-refractivity contribution in [2.75, 3.05) is 7.05 Å². The number of alkyl halides is 1. The average Bonchev–Trinajstić information content (AvgIpc) is 2.27. The fourth-order valence-corrected chi connectivity index (χ4v) is 1.45. The largest absolute Gasteiger partial charge is 0.291 e. The highest BCUT2D eigenvalue weighted by Gasteiger charge is 2.29. The molecule has 0 atom stereocenters. The number of nitrogens with one attached hydrogen (secondary N) is 1. The van der Waals surface area contributed by atoms with Gasteiger partial charge in [0.2, 0.25) is 0 Å². The minimum absolute atomic E-state index is 0.0408. The van der Waals surface area contributed by atoms with Crippen molar-refractivity contribution in [1.82, 2.24) is 20.4 Å². The van der Waals surface area contributed by atoms with E-state index in [0.717, 1.165) is 5.01 Å². The Hall–Kier alpha value is -1.40. The molecule has 0 unspecified atom stereocenters. The summed E-state index contributed by atoms with van der Waals surface area (Å²) in [5.74, 6) is -1.10. The number of hydrogen-bond acceptors (Lipinski definition) is 4. The molecule has 0 radical (unpaired) electrons. The quantitative estimate of drug-likeness (QED) is 0.657. The topological polar surface area (TPSA) is 75.2 Å². The maximum absolute atomic E-state index is 11.8. The van der Waals surface area contributed by atoms with E-state index >= 15 is 0 Å². The van der Waals surface area contributed by atoms with Crippen LogP contribution in [0.4, 0.5) is 0 Å². The van der Waals surface area contributed by atoms with Crippen LogP contribution in [0.15, 0.2) is 12.4 Å². The minimum Gasteiger partial charge on any atom is -0.271 e. The highest BCUT2D eigenvalue weighted by molar-refractivity contribution is 6.34. The molecule has 0 fully saturated rings. The lowest BCUT2D eigenvalue weighted by molar-refractivity contribution is -0.134. The van der Waals surface area contributed by atoms with E-state index in [1.165, 1.54) is 33.3 Å². The molecule has 1 aromatic rings. The highest BCUT2D eigenvalue weighted by Crippen LogP contribution is 2.15. The van der Waals surface area contributed by atoms with Crippen molar-refractivity contribution in [3.8, 4) is 0 Å². The lowest BCUT2D eigenvalue weighted by atomic mass is 10.2. The molecule has 1 aromatic heterocycles. The monoisotopic (exact) mass is 290 g/mol. The summed E-state index contributed by atoms with van der Waals surface area (Å²) in [5, 5.41) is 0.946. The van der Waals surface area contributed by atoms with E-state index in [2.05, 4.69) is 15.4 Å². The Kier molecular flexibility index (Phi) is 4.48. The van der Waals surface area contributed by atoms with Crippen molar-refractivity contribution >= 4 is 35.0 Å². The van der Waals surface area contributed by atoms with Crippen LogP contribution in [-0.4, -0.2) is 38.7 Å². The van der Waals surface area contributed by atoms with Gasteiger partial charge in [0.05, 0.1) is 0 Å². The van der Waals surface area contributed by atoms with Gasteiger partial charge in [-0.15, -0.1) is 11.6 Å². The van der Waals surface area contributed by atoms with E-state index in [4.69, 9.17) is 23.2 Å². The van der Waals surface area contributed by atoms with Gasteiger partial charge in [-0.2, -0.15) is 0 Å². The van der Waals surface area contributed by atoms with Crippen LogP contribution in [0, 0.1) is 0 Å². The van der Waals surface area contributed by atoms with Crippen LogP contribution < -0.4 is 5.43 Å². The molecule has 0 aliphatic heterocycles. The number of carbonyl (C=O) groups excluding carboxylic acids is 2. The molecule has 0 saturated heterocycles. The molecule has 0 aliphatic rings. The Morgan fingerprint density at radius 1 is 1.33 bits per heavy atom. The normalized spacial score (nSPS) is 10.9. The molecule has 1 rings (SSSR count). The summed E-state index contributed by atoms with van der Waals surface area (Å²) >= 11 is 11.6. The summed E-state index contributed by atoms with van der Waals surface area (Å²) in [6.07, 6.45) is 2.68. The Morgan fingerprint density at radius 2 is 1.89 bits per heavy atom. The molecule has 98 valence electrons. The summed E-state index contributed by atoms with van der Waals surface area (Å²) in [6.45, 7) is 3.05. The van der Waals surface area contributed by atoms with Crippen molar-refractivity contribution in [2.24, 2.45) is 0 Å². The third-order valence-electron chi connectivity index (χ3n) is 1.95. The van der Waals surface area contributed by atoms with Gasteiger partial charge in [-0.3, -0.25) is 20.0 Å². The lowest BCUT2D eigenvalue weighted by Crippen LogP contribution is -2.49. The molecule has 0 aromatic carbocycles. The van der Waals surface area contributed by atoms with Crippen molar-refractivity contribution in [3.63, 3.8) is 0 Å². The lowest BCUT2D eigenvalue weighted by Gasteiger charge is -2.24. The first-order valence-corrected chi connectivity index (χ1v) is 5.73. The van der Waals surface area contributed by atoms with Crippen LogP contribution in [-0.2, 0) is 4.79 Å². The zero-order valence-electron chi connectivity index (χ0n) is 10.1. The van der Waals surface area contributed by atoms with Gasteiger partial charge in [-0.05, 0) is 13.8 Å². The van der Waals surface area contributed by atoms with Crippen molar-refractivity contribution < 1.29 is 9.59 Å². The Bertz CT molecular complexity index is 473. The fraction of sp³-hybridized carbons (Fsp3) is 0.400. The molecule has 6 nitrogen and oxygen atoms in total. The first kappa shape index (κ1) is 14.7. The van der Waals surface area contributed by atoms with Gasteiger partial charge in [0.1, 0.15) is 4.87 Å². The second kappa shape index (κ2) is 5.49. The van der Waals surface area contributed by atoms with Crippen LogP contribution in [0.2, 0.25) is 5.15 Å². The second-order valence-corrected chi connectivity index (χ2v) is 5.28. The summed E-state index contributed by atoms with van der Waals surface area (Å²) in [4.78, 5) is 29.9. The van der Waals surface area contributed by atoms with E-state index in [0.29, 0.717) is 0 Å². The summed E-state index contributed by atoms with van der Waals surface area (Å²) in [5.41, 5.74) is 2.25. The summed E-state index contributed by atoms with van der Waals surface area (Å²) in [7, 11) is 1.38. The highest BCUT2D eigenvalue weighted by atomic mass is 35.5. The van der Waals surface area contributed by atoms with E-state index < -0.39 is 16.7 Å². The first-order valence-electron chi connectivity index (χ1n) is 4.98. The van der Waals surface area contributed by atoms with Crippen LogP contribution >= 0.6 is 23.2 Å². The number of hydrogen-bond donors (Lipinski definition) is 1. The van der Waals surface area contributed by atoms with Crippen molar-refractivity contribution in [2.45, 2.75) is 18.7 Å². The number of hydrazine groups is 1. The second-order valence-electron chi connectivity index (χ2n) is 3.97. The molecule has 0 bridgehead atoms. The Labute approximate surface area is 114 Å². The zero-order chi connectivity index (χ0) is 13.9. The molecule has 2 amide bonds. The third-order valence-corrected chi connectivity index (χ3v) is 2.39. The predicted octanol–water partition coefficient (Wildman–Crippen LogP) is 1.25. The maximum atomic E-state index is 11.8. The van der Waals surface area contributed by atoms with Crippen LogP contribution in [0.1, 0.15) is 24.3 Å². The number of aromatic nitrogens is 2. The fourth-order valence-electron chi connectivity index (χ4n) is 1.13. The molecule has 0 saturated carbocycles. The number of carbonyl (C=O) groups is 2. The van der Waals surface area contributed by atoms with Crippen molar-refractivity contribution in [3.05, 3.63) is 23.2 Å². The number of rotatable bonds is 2. The van der Waals surface area contributed by atoms with Crippen LogP contribution in [0.3, 0.4) is 0 Å². The summed E-state index contributed by atoms with van der Waals surface area (Å²) < 4.78 is 0. The minimum atomic E-state index is -1.12. The van der Waals surface area contributed by atoms with E-state index in [1.807, 2.05) is 0 Å². The van der Waals surface area contributed by atoms with Gasteiger partial charge in [0, 0.05) is 19.4 Å². The number of amides is 2. The first-order chi connectivity index (χ1) is 8.23. The van der Waals surface area contributed by atoms with Gasteiger partial charge in [-0.25, -0.2) is 9.97 Å². The molecule has 0 spiro atoms.